The second-order valence-electron chi connectivity index (χ2n) is 4.90. The van der Waals surface area contributed by atoms with Gasteiger partial charge in [-0.2, -0.15) is 0 Å². The maximum Gasteiger partial charge on any atom is 0.303 e. The van der Waals surface area contributed by atoms with E-state index in [0.29, 0.717) is 24.9 Å². The lowest BCUT2D eigenvalue weighted by atomic mass is 10.1. The third-order valence-corrected chi connectivity index (χ3v) is 3.05. The van der Waals surface area contributed by atoms with Crippen LogP contribution in [0.1, 0.15) is 42.1 Å². The van der Waals surface area contributed by atoms with Gasteiger partial charge in [0.15, 0.2) is 0 Å². The summed E-state index contributed by atoms with van der Waals surface area (Å²) in [5.41, 5.74) is 7.19. The van der Waals surface area contributed by atoms with E-state index in [1.54, 1.807) is 12.1 Å². The Balaban J connectivity index is 2.43. The maximum absolute atomic E-state index is 12.0. The van der Waals surface area contributed by atoms with Crippen molar-refractivity contribution in [2.75, 3.05) is 6.54 Å². The Kier molecular flexibility index (Phi) is 6.73. The molecule has 0 aliphatic heterocycles. The first-order chi connectivity index (χ1) is 9.52. The van der Waals surface area contributed by atoms with Gasteiger partial charge in [-0.1, -0.05) is 12.1 Å². The molecule has 5 nitrogen and oxygen atoms in total. The molecule has 0 bridgehead atoms. The molecule has 1 aromatic rings. The van der Waals surface area contributed by atoms with E-state index < -0.39 is 5.97 Å². The van der Waals surface area contributed by atoms with Crippen molar-refractivity contribution >= 4 is 11.9 Å². The van der Waals surface area contributed by atoms with Gasteiger partial charge in [-0.15, -0.1) is 0 Å². The Labute approximate surface area is 119 Å². The number of nitrogens with two attached hydrogens (primary N) is 1. The number of carboxylic acids is 1. The molecule has 1 aromatic carbocycles. The van der Waals surface area contributed by atoms with Crippen LogP contribution in [0.5, 0.6) is 0 Å². The van der Waals surface area contributed by atoms with Gasteiger partial charge in [-0.05, 0) is 50.4 Å². The van der Waals surface area contributed by atoms with Gasteiger partial charge in [0, 0.05) is 18.0 Å². The number of aliphatic carboxylic acids is 1. The summed E-state index contributed by atoms with van der Waals surface area (Å²) in [7, 11) is 0. The van der Waals surface area contributed by atoms with Crippen LogP contribution in [0.2, 0.25) is 0 Å². The average molecular weight is 278 g/mol. The second-order valence-corrected chi connectivity index (χ2v) is 4.90. The first-order valence-corrected chi connectivity index (χ1v) is 6.84. The molecular formula is C15H22N2O3. The third kappa shape index (κ3) is 5.84. The van der Waals surface area contributed by atoms with Gasteiger partial charge < -0.3 is 16.2 Å². The lowest BCUT2D eigenvalue weighted by Gasteiger charge is -2.13. The summed E-state index contributed by atoms with van der Waals surface area (Å²) in [6.07, 6.45) is 2.15. The number of benzene rings is 1. The maximum atomic E-state index is 12.0. The van der Waals surface area contributed by atoms with E-state index in [0.717, 1.165) is 12.0 Å². The molecule has 0 aliphatic rings. The van der Waals surface area contributed by atoms with Gasteiger partial charge in [0.05, 0.1) is 0 Å². The molecule has 1 unspecified atom stereocenters. The molecule has 1 rings (SSSR count). The summed E-state index contributed by atoms with van der Waals surface area (Å²) >= 11 is 0. The molecule has 4 N–H and O–H groups in total. The number of rotatable bonds is 8. The standard InChI is InChI=1S/C15H22N2O3/c1-11(3-2-4-14(18)19)17-15(20)13-7-5-12(6-8-13)9-10-16/h5-8,11H,2-4,9-10,16H2,1H3,(H,17,20)(H,18,19). The molecule has 110 valence electrons. The van der Waals surface area contributed by atoms with Crippen LogP contribution in [0, 0.1) is 0 Å². The minimum absolute atomic E-state index is 0.0365. The van der Waals surface area contributed by atoms with Crippen LogP contribution in [0.4, 0.5) is 0 Å². The highest BCUT2D eigenvalue weighted by atomic mass is 16.4. The van der Waals surface area contributed by atoms with Crippen molar-refractivity contribution in [3.8, 4) is 0 Å². The van der Waals surface area contributed by atoms with E-state index >= 15 is 0 Å². The number of carbonyl (C=O) groups is 2. The predicted octanol–water partition coefficient (Wildman–Crippen LogP) is 1.56. The largest absolute Gasteiger partial charge is 0.481 e. The minimum Gasteiger partial charge on any atom is -0.481 e. The SMILES string of the molecule is CC(CCCC(=O)O)NC(=O)c1ccc(CCN)cc1. The highest BCUT2D eigenvalue weighted by Gasteiger charge is 2.10. The van der Waals surface area contributed by atoms with E-state index in [-0.39, 0.29) is 18.4 Å². The molecule has 0 heterocycles. The molecule has 0 aromatic heterocycles. The van der Waals surface area contributed by atoms with Crippen molar-refractivity contribution in [1.82, 2.24) is 5.32 Å². The van der Waals surface area contributed by atoms with Crippen molar-refractivity contribution in [2.45, 2.75) is 38.6 Å². The zero-order valence-corrected chi connectivity index (χ0v) is 11.8. The molecule has 20 heavy (non-hydrogen) atoms. The van der Waals surface area contributed by atoms with Crippen LogP contribution in [0.25, 0.3) is 0 Å². The van der Waals surface area contributed by atoms with Crippen LogP contribution in [-0.2, 0) is 11.2 Å². The fourth-order valence-electron chi connectivity index (χ4n) is 1.93. The van der Waals surface area contributed by atoms with Gasteiger partial charge >= 0.3 is 5.97 Å². The van der Waals surface area contributed by atoms with Crippen molar-refractivity contribution in [3.63, 3.8) is 0 Å². The molecule has 0 spiro atoms. The van der Waals surface area contributed by atoms with E-state index in [1.165, 1.54) is 0 Å². The van der Waals surface area contributed by atoms with Gasteiger partial charge in [-0.3, -0.25) is 9.59 Å². The van der Waals surface area contributed by atoms with Crippen molar-refractivity contribution in [1.29, 1.82) is 0 Å². The zero-order chi connectivity index (χ0) is 15.0. The van der Waals surface area contributed by atoms with E-state index in [1.807, 2.05) is 19.1 Å². The van der Waals surface area contributed by atoms with Crippen molar-refractivity contribution in [3.05, 3.63) is 35.4 Å². The first-order valence-electron chi connectivity index (χ1n) is 6.84. The quantitative estimate of drug-likeness (QED) is 0.673. The molecule has 0 fully saturated rings. The molecule has 5 heteroatoms. The number of hydrogen-bond acceptors (Lipinski definition) is 3. The van der Waals surface area contributed by atoms with Crippen molar-refractivity contribution in [2.24, 2.45) is 5.73 Å². The van der Waals surface area contributed by atoms with Crippen LogP contribution in [-0.4, -0.2) is 29.6 Å². The number of carbonyl (C=O) groups excluding carboxylic acids is 1. The normalized spacial score (nSPS) is 11.9. The fraction of sp³-hybridized carbons (Fsp3) is 0.467. The van der Waals surface area contributed by atoms with Gasteiger partial charge in [-0.25, -0.2) is 0 Å². The van der Waals surface area contributed by atoms with Gasteiger partial charge in [0.25, 0.3) is 5.91 Å². The topological polar surface area (TPSA) is 92.4 Å². The van der Waals surface area contributed by atoms with Gasteiger partial charge in [0.2, 0.25) is 0 Å². The highest BCUT2D eigenvalue weighted by Crippen LogP contribution is 2.06. The Morgan fingerprint density at radius 1 is 1.30 bits per heavy atom. The van der Waals surface area contributed by atoms with Crippen LogP contribution in [0.3, 0.4) is 0 Å². The molecule has 0 aliphatic carbocycles. The lowest BCUT2D eigenvalue weighted by Crippen LogP contribution is -2.32. The Hall–Kier alpha value is -1.88. The second kappa shape index (κ2) is 8.32. The molecule has 0 saturated heterocycles. The molecular weight excluding hydrogens is 256 g/mol. The molecule has 1 atom stereocenters. The summed E-state index contributed by atoms with van der Waals surface area (Å²) < 4.78 is 0. The minimum atomic E-state index is -0.806. The van der Waals surface area contributed by atoms with E-state index in [9.17, 15) is 9.59 Å². The number of carboxylic acid groups (broad SMARTS) is 1. The summed E-state index contributed by atoms with van der Waals surface area (Å²) in [5, 5.41) is 11.4. The molecule has 0 radical (unpaired) electrons. The van der Waals surface area contributed by atoms with Crippen molar-refractivity contribution < 1.29 is 14.7 Å². The third-order valence-electron chi connectivity index (χ3n) is 3.05. The highest BCUT2D eigenvalue weighted by molar-refractivity contribution is 5.94. The predicted molar refractivity (Wildman–Crippen MR) is 77.6 cm³/mol. The lowest BCUT2D eigenvalue weighted by molar-refractivity contribution is -0.137. The summed E-state index contributed by atoms with van der Waals surface area (Å²) in [5.74, 6) is -0.939. The smallest absolute Gasteiger partial charge is 0.303 e. The Morgan fingerprint density at radius 3 is 2.50 bits per heavy atom. The molecule has 0 saturated carbocycles. The van der Waals surface area contributed by atoms with Crippen LogP contribution < -0.4 is 11.1 Å². The zero-order valence-electron chi connectivity index (χ0n) is 11.8. The Bertz CT molecular complexity index is 443. The monoisotopic (exact) mass is 278 g/mol. The number of nitrogens with one attached hydrogen (secondary N) is 1. The Morgan fingerprint density at radius 2 is 1.95 bits per heavy atom. The first kappa shape index (κ1) is 16.2. The number of amides is 1. The average Bonchev–Trinajstić information content (AvgIpc) is 2.39. The summed E-state index contributed by atoms with van der Waals surface area (Å²) in [6.45, 7) is 2.47. The number of hydrogen-bond donors (Lipinski definition) is 3. The van der Waals surface area contributed by atoms with Crippen LogP contribution in [0.15, 0.2) is 24.3 Å². The van der Waals surface area contributed by atoms with Crippen LogP contribution >= 0.6 is 0 Å². The summed E-state index contributed by atoms with van der Waals surface area (Å²) in [6, 6.07) is 7.33. The van der Waals surface area contributed by atoms with Gasteiger partial charge in [0.1, 0.15) is 0 Å². The fourth-order valence-corrected chi connectivity index (χ4v) is 1.93. The van der Waals surface area contributed by atoms with E-state index in [4.69, 9.17) is 10.8 Å². The van der Waals surface area contributed by atoms with E-state index in [2.05, 4.69) is 5.32 Å². The summed E-state index contributed by atoms with van der Waals surface area (Å²) in [4.78, 5) is 22.4. The molecule has 1 amide bonds.